The van der Waals surface area contributed by atoms with E-state index in [4.69, 9.17) is 5.26 Å². The fourth-order valence-electron chi connectivity index (χ4n) is 4.27. The summed E-state index contributed by atoms with van der Waals surface area (Å²) in [4.78, 5) is 16.4. The van der Waals surface area contributed by atoms with Crippen LogP contribution >= 0.6 is 0 Å². The van der Waals surface area contributed by atoms with E-state index in [2.05, 4.69) is 20.9 Å². The summed E-state index contributed by atoms with van der Waals surface area (Å²) in [6.07, 6.45) is 0.310. The van der Waals surface area contributed by atoms with Crippen LogP contribution in [0, 0.1) is 11.5 Å². The van der Waals surface area contributed by atoms with Crippen molar-refractivity contribution in [2.75, 3.05) is 13.6 Å². The highest BCUT2D eigenvalue weighted by Gasteiger charge is 2.37. The Labute approximate surface area is 190 Å². The Morgan fingerprint density at radius 2 is 1.85 bits per heavy atom. The van der Waals surface area contributed by atoms with E-state index in [9.17, 15) is 18.0 Å². The molecule has 2 aromatic carbocycles. The van der Waals surface area contributed by atoms with E-state index in [-0.39, 0.29) is 17.0 Å². The van der Waals surface area contributed by atoms with Crippen LogP contribution in [0.25, 0.3) is 0 Å². The highest BCUT2D eigenvalue weighted by Crippen LogP contribution is 2.39. The zero-order chi connectivity index (χ0) is 23.9. The van der Waals surface area contributed by atoms with Crippen molar-refractivity contribution in [3.63, 3.8) is 0 Å². The summed E-state index contributed by atoms with van der Waals surface area (Å²) < 4.78 is 39.1. The van der Waals surface area contributed by atoms with Crippen LogP contribution in [0.5, 0.6) is 0 Å². The maximum absolute atomic E-state index is 13.0. The molecule has 1 fully saturated rings. The number of carbonyl (C=O) groups is 1. The molecule has 0 atom stereocenters. The van der Waals surface area contributed by atoms with Gasteiger partial charge in [0.15, 0.2) is 0 Å². The van der Waals surface area contributed by atoms with Gasteiger partial charge in [0.2, 0.25) is 12.2 Å². The maximum atomic E-state index is 13.0. The van der Waals surface area contributed by atoms with Crippen LogP contribution < -0.4 is 16.0 Å². The molecule has 3 N–H and O–H groups in total. The molecule has 6 nitrogen and oxygen atoms in total. The number of nitriles is 1. The van der Waals surface area contributed by atoms with Gasteiger partial charge in [0.25, 0.3) is 5.91 Å². The molecule has 1 amide bonds. The Kier molecular flexibility index (Phi) is 7.59. The van der Waals surface area contributed by atoms with E-state index in [1.807, 2.05) is 30.3 Å². The number of amides is 1. The van der Waals surface area contributed by atoms with Crippen LogP contribution in [0.2, 0.25) is 0 Å². The molecule has 3 rings (SSSR count). The van der Waals surface area contributed by atoms with Crippen molar-refractivity contribution in [3.8, 4) is 6.19 Å². The van der Waals surface area contributed by atoms with Crippen LogP contribution in [0.3, 0.4) is 0 Å². The number of halogens is 3. The van der Waals surface area contributed by atoms with Gasteiger partial charge in [0, 0.05) is 30.6 Å². The zero-order valence-electron chi connectivity index (χ0n) is 18.2. The lowest BCUT2D eigenvalue weighted by molar-refractivity contribution is -0.137. The van der Waals surface area contributed by atoms with Gasteiger partial charge >= 0.3 is 6.18 Å². The van der Waals surface area contributed by atoms with Gasteiger partial charge in [-0.05, 0) is 49.4 Å². The number of alkyl halides is 3. The normalized spacial score (nSPS) is 21.1. The van der Waals surface area contributed by atoms with Gasteiger partial charge in [-0.25, -0.2) is 0 Å². The first-order valence-electron chi connectivity index (χ1n) is 10.7. The van der Waals surface area contributed by atoms with E-state index in [1.54, 1.807) is 13.2 Å². The molecule has 0 bridgehead atoms. The van der Waals surface area contributed by atoms with Gasteiger partial charge in [-0.15, -0.1) is 4.99 Å². The molecule has 1 aliphatic carbocycles. The number of nitrogens with one attached hydrogen (secondary N) is 3. The van der Waals surface area contributed by atoms with Gasteiger partial charge < -0.3 is 16.0 Å². The number of aliphatic imine (C=N–C) groups is 1. The summed E-state index contributed by atoms with van der Waals surface area (Å²) in [5, 5.41) is 17.7. The lowest BCUT2D eigenvalue weighted by atomic mass is 9.68. The predicted octanol–water partition coefficient (Wildman–Crippen LogP) is 3.96. The largest absolute Gasteiger partial charge is 0.416 e. The Hall–Kier alpha value is -3.54. The minimum atomic E-state index is -4.51. The summed E-state index contributed by atoms with van der Waals surface area (Å²) in [5.41, 5.74) is -0.135. The first kappa shape index (κ1) is 24.1. The number of nitrogens with zero attached hydrogens (tertiary/aromatic N) is 2. The second-order valence-corrected chi connectivity index (χ2v) is 8.14. The van der Waals surface area contributed by atoms with Crippen LogP contribution in [0.4, 0.5) is 13.2 Å². The van der Waals surface area contributed by atoms with E-state index < -0.39 is 17.6 Å². The zero-order valence-corrected chi connectivity index (χ0v) is 18.2. The van der Waals surface area contributed by atoms with Crippen molar-refractivity contribution in [2.45, 2.75) is 43.3 Å². The summed E-state index contributed by atoms with van der Waals surface area (Å²) >= 11 is 0. The molecule has 0 heterocycles. The van der Waals surface area contributed by atoms with E-state index in [1.165, 1.54) is 12.1 Å². The highest BCUT2D eigenvalue weighted by molar-refractivity contribution is 5.94. The number of benzene rings is 2. The Balaban J connectivity index is 1.74. The lowest BCUT2D eigenvalue weighted by Crippen LogP contribution is -2.49. The van der Waals surface area contributed by atoms with Crippen molar-refractivity contribution < 1.29 is 18.0 Å². The molecule has 33 heavy (non-hydrogen) atoms. The van der Waals surface area contributed by atoms with E-state index >= 15 is 0 Å². The Morgan fingerprint density at radius 1 is 1.15 bits per heavy atom. The number of hydrogen-bond acceptors (Lipinski definition) is 3. The third-order valence-electron chi connectivity index (χ3n) is 6.11. The minimum Gasteiger partial charge on any atom is -0.359 e. The van der Waals surface area contributed by atoms with Crippen LogP contribution in [-0.2, 0) is 11.6 Å². The predicted molar refractivity (Wildman–Crippen MR) is 119 cm³/mol. The Bertz CT molecular complexity index is 1020. The standard InChI is InChI=1S/C24H26F3N5O/c1-29-22(31-16-28)32-20-10-12-23(13-11-20,18-7-3-2-4-8-18)15-30-21(33)17-6-5-9-19(14-17)24(25,26)27/h2-9,14,20H,10-13,15H2,1H3,(H,30,33)(H2,29,31,32)/t20-,23-. The molecule has 0 spiro atoms. The smallest absolute Gasteiger partial charge is 0.359 e. The third-order valence-corrected chi connectivity index (χ3v) is 6.11. The molecular formula is C24H26F3N5O. The second kappa shape index (κ2) is 10.4. The Morgan fingerprint density at radius 3 is 2.45 bits per heavy atom. The van der Waals surface area contributed by atoms with Crippen molar-refractivity contribution in [2.24, 2.45) is 4.99 Å². The molecule has 2 aromatic rings. The highest BCUT2D eigenvalue weighted by atomic mass is 19.4. The maximum Gasteiger partial charge on any atom is 0.416 e. The summed E-state index contributed by atoms with van der Waals surface area (Å²) in [6, 6.07) is 14.4. The molecule has 0 radical (unpaired) electrons. The van der Waals surface area contributed by atoms with Crippen molar-refractivity contribution in [1.29, 1.82) is 5.26 Å². The molecule has 0 aromatic heterocycles. The minimum absolute atomic E-state index is 0.0187. The summed E-state index contributed by atoms with van der Waals surface area (Å²) in [6.45, 7) is 0.310. The monoisotopic (exact) mass is 457 g/mol. The topological polar surface area (TPSA) is 89.3 Å². The van der Waals surface area contributed by atoms with Gasteiger partial charge in [-0.1, -0.05) is 36.4 Å². The quantitative estimate of drug-likeness (QED) is 0.360. The number of hydrogen-bond donors (Lipinski definition) is 3. The van der Waals surface area contributed by atoms with Crippen molar-refractivity contribution in [1.82, 2.24) is 16.0 Å². The molecular weight excluding hydrogens is 431 g/mol. The van der Waals surface area contributed by atoms with Gasteiger partial charge in [-0.3, -0.25) is 4.79 Å². The first-order chi connectivity index (χ1) is 15.8. The first-order valence-corrected chi connectivity index (χ1v) is 10.7. The lowest BCUT2D eigenvalue weighted by Gasteiger charge is -2.41. The molecule has 0 saturated heterocycles. The molecule has 1 aliphatic rings. The molecule has 174 valence electrons. The molecule has 0 unspecified atom stereocenters. The van der Waals surface area contributed by atoms with E-state index in [0.717, 1.165) is 43.4 Å². The molecule has 0 aliphatic heterocycles. The fourth-order valence-corrected chi connectivity index (χ4v) is 4.27. The van der Waals surface area contributed by atoms with Crippen LogP contribution in [0.15, 0.2) is 59.6 Å². The molecule has 9 heteroatoms. The number of carbonyl (C=O) groups excluding carboxylic acids is 1. The fraction of sp³-hybridized carbons (Fsp3) is 0.375. The van der Waals surface area contributed by atoms with Crippen molar-refractivity contribution in [3.05, 3.63) is 71.3 Å². The molecule has 1 saturated carbocycles. The van der Waals surface area contributed by atoms with Gasteiger partial charge in [-0.2, -0.15) is 18.4 Å². The number of rotatable bonds is 5. The second-order valence-electron chi connectivity index (χ2n) is 8.14. The van der Waals surface area contributed by atoms with Gasteiger partial charge in [0.05, 0.1) is 5.56 Å². The van der Waals surface area contributed by atoms with Gasteiger partial charge in [0.1, 0.15) is 0 Å². The SMILES string of the molecule is CN/C(=N\C#N)N[C@H]1CC[C@](CNC(=O)c2cccc(C(F)(F)F)c2)(c2ccccc2)CC1. The third kappa shape index (κ3) is 6.04. The average Bonchev–Trinajstić information content (AvgIpc) is 2.83. The van der Waals surface area contributed by atoms with Crippen molar-refractivity contribution >= 4 is 11.9 Å². The average molecular weight is 458 g/mol. The van der Waals surface area contributed by atoms with Crippen LogP contribution in [0.1, 0.15) is 47.2 Å². The summed E-state index contributed by atoms with van der Waals surface area (Å²) in [5.74, 6) is -0.122. The van der Waals surface area contributed by atoms with E-state index in [0.29, 0.717) is 12.5 Å². The summed E-state index contributed by atoms with van der Waals surface area (Å²) in [7, 11) is 1.68. The number of guanidine groups is 1. The van der Waals surface area contributed by atoms with Crippen LogP contribution in [-0.4, -0.2) is 31.5 Å².